The largest absolute Gasteiger partial charge is 0.379 e. The summed E-state index contributed by atoms with van der Waals surface area (Å²) in [5.41, 5.74) is 0. The van der Waals surface area contributed by atoms with Crippen molar-refractivity contribution in [2.24, 2.45) is 0 Å². The SMILES string of the molecule is C=CCCCCCCCOCC(C)OCCCCCCCC=C. The van der Waals surface area contributed by atoms with E-state index >= 15 is 0 Å². The predicted molar refractivity (Wildman–Crippen MR) is 102 cm³/mol. The average molecular weight is 325 g/mol. The molecule has 0 aliphatic rings. The monoisotopic (exact) mass is 324 g/mol. The molecule has 0 aromatic rings. The Kier molecular flexibility index (Phi) is 18.9. The Bertz CT molecular complexity index is 250. The van der Waals surface area contributed by atoms with Gasteiger partial charge in [0.25, 0.3) is 0 Å². The van der Waals surface area contributed by atoms with Crippen molar-refractivity contribution in [1.29, 1.82) is 0 Å². The fraction of sp³-hybridized carbons (Fsp3) is 0.810. The third-order valence-corrected chi connectivity index (χ3v) is 4.00. The molecule has 0 saturated heterocycles. The Hall–Kier alpha value is -0.600. The molecule has 0 heterocycles. The van der Waals surface area contributed by atoms with Gasteiger partial charge in [0.1, 0.15) is 0 Å². The Morgan fingerprint density at radius 1 is 0.696 bits per heavy atom. The van der Waals surface area contributed by atoms with Crippen LogP contribution in [0.4, 0.5) is 0 Å². The van der Waals surface area contributed by atoms with Crippen molar-refractivity contribution in [3.05, 3.63) is 25.3 Å². The summed E-state index contributed by atoms with van der Waals surface area (Å²) in [5.74, 6) is 0. The second kappa shape index (κ2) is 19.4. The van der Waals surface area contributed by atoms with Crippen LogP contribution in [0.1, 0.15) is 84.0 Å². The molecule has 0 N–H and O–H groups in total. The Labute approximate surface area is 145 Å². The lowest BCUT2D eigenvalue weighted by Crippen LogP contribution is -2.17. The Balaban J connectivity index is 3.14. The first kappa shape index (κ1) is 22.4. The molecule has 0 aliphatic carbocycles. The van der Waals surface area contributed by atoms with E-state index < -0.39 is 0 Å². The second-order valence-corrected chi connectivity index (χ2v) is 6.45. The highest BCUT2D eigenvalue weighted by Crippen LogP contribution is 2.07. The Morgan fingerprint density at radius 2 is 1.17 bits per heavy atom. The molecular weight excluding hydrogens is 284 g/mol. The van der Waals surface area contributed by atoms with Gasteiger partial charge in [-0.2, -0.15) is 0 Å². The van der Waals surface area contributed by atoms with Crippen LogP contribution < -0.4 is 0 Å². The highest BCUT2D eigenvalue weighted by Gasteiger charge is 2.02. The van der Waals surface area contributed by atoms with Crippen molar-refractivity contribution < 1.29 is 9.47 Å². The minimum absolute atomic E-state index is 0.225. The van der Waals surface area contributed by atoms with E-state index in [2.05, 4.69) is 20.1 Å². The fourth-order valence-electron chi connectivity index (χ4n) is 2.53. The summed E-state index contributed by atoms with van der Waals surface area (Å²) in [7, 11) is 0. The van der Waals surface area contributed by atoms with E-state index in [0.717, 1.165) is 32.7 Å². The van der Waals surface area contributed by atoms with Gasteiger partial charge in [0.15, 0.2) is 0 Å². The summed E-state index contributed by atoms with van der Waals surface area (Å²) in [6.07, 6.45) is 19.3. The van der Waals surface area contributed by atoms with E-state index in [0.29, 0.717) is 0 Å². The van der Waals surface area contributed by atoms with Crippen LogP contribution in [0.25, 0.3) is 0 Å². The van der Waals surface area contributed by atoms with Gasteiger partial charge in [-0.1, -0.05) is 50.7 Å². The van der Waals surface area contributed by atoms with Gasteiger partial charge in [0.05, 0.1) is 12.7 Å². The van der Waals surface area contributed by atoms with Gasteiger partial charge < -0.3 is 9.47 Å². The maximum Gasteiger partial charge on any atom is 0.0780 e. The fourth-order valence-corrected chi connectivity index (χ4v) is 2.53. The predicted octanol–water partition coefficient (Wildman–Crippen LogP) is 6.46. The molecule has 0 spiro atoms. The summed E-state index contributed by atoms with van der Waals surface area (Å²) in [4.78, 5) is 0. The zero-order valence-electron chi connectivity index (χ0n) is 15.6. The number of rotatable bonds is 19. The first-order valence-corrected chi connectivity index (χ1v) is 9.72. The van der Waals surface area contributed by atoms with Crippen LogP contribution in [0.2, 0.25) is 0 Å². The molecule has 0 aromatic heterocycles. The molecule has 0 amide bonds. The second-order valence-electron chi connectivity index (χ2n) is 6.45. The van der Waals surface area contributed by atoms with Gasteiger partial charge in [0.2, 0.25) is 0 Å². The molecular formula is C21H40O2. The van der Waals surface area contributed by atoms with Crippen molar-refractivity contribution in [2.45, 2.75) is 90.1 Å². The number of unbranched alkanes of at least 4 members (excludes halogenated alkanes) is 10. The van der Waals surface area contributed by atoms with Crippen LogP contribution in [0.3, 0.4) is 0 Å². The number of hydrogen-bond donors (Lipinski definition) is 0. The van der Waals surface area contributed by atoms with Crippen LogP contribution >= 0.6 is 0 Å². The molecule has 0 saturated carbocycles. The molecule has 2 nitrogen and oxygen atoms in total. The maximum absolute atomic E-state index is 5.79. The van der Waals surface area contributed by atoms with E-state index in [-0.39, 0.29) is 6.10 Å². The van der Waals surface area contributed by atoms with Gasteiger partial charge in [-0.15, -0.1) is 13.2 Å². The molecule has 0 radical (unpaired) electrons. The van der Waals surface area contributed by atoms with E-state index in [9.17, 15) is 0 Å². The van der Waals surface area contributed by atoms with Crippen molar-refractivity contribution in [3.63, 3.8) is 0 Å². The topological polar surface area (TPSA) is 18.5 Å². The van der Waals surface area contributed by atoms with Gasteiger partial charge in [0, 0.05) is 13.2 Å². The van der Waals surface area contributed by atoms with Crippen LogP contribution in [-0.2, 0) is 9.47 Å². The molecule has 0 rings (SSSR count). The highest BCUT2D eigenvalue weighted by atomic mass is 16.5. The molecule has 2 heteroatoms. The lowest BCUT2D eigenvalue weighted by molar-refractivity contribution is -0.00869. The lowest BCUT2D eigenvalue weighted by Gasteiger charge is -2.13. The van der Waals surface area contributed by atoms with E-state index in [4.69, 9.17) is 9.47 Å². The zero-order chi connectivity index (χ0) is 17.0. The van der Waals surface area contributed by atoms with Crippen LogP contribution in [-0.4, -0.2) is 25.9 Å². The minimum Gasteiger partial charge on any atom is -0.379 e. The minimum atomic E-state index is 0.225. The van der Waals surface area contributed by atoms with Gasteiger partial charge in [-0.3, -0.25) is 0 Å². The normalized spacial score (nSPS) is 12.2. The molecule has 23 heavy (non-hydrogen) atoms. The van der Waals surface area contributed by atoms with Crippen LogP contribution in [0.5, 0.6) is 0 Å². The molecule has 0 aromatic carbocycles. The maximum atomic E-state index is 5.79. The highest BCUT2D eigenvalue weighted by molar-refractivity contribution is 4.65. The third-order valence-electron chi connectivity index (χ3n) is 4.00. The standard InChI is InChI=1S/C21H40O2/c1-4-6-8-10-12-14-16-18-22-20-21(3)23-19-17-15-13-11-9-7-5-2/h4-5,21H,1-2,6-20H2,3H3. The number of allylic oxidation sites excluding steroid dienone is 2. The number of hydrogen-bond acceptors (Lipinski definition) is 2. The number of ether oxygens (including phenoxy) is 2. The zero-order valence-corrected chi connectivity index (χ0v) is 15.6. The van der Waals surface area contributed by atoms with Gasteiger partial charge in [-0.05, 0) is 45.4 Å². The smallest absolute Gasteiger partial charge is 0.0780 e. The van der Waals surface area contributed by atoms with Crippen molar-refractivity contribution in [1.82, 2.24) is 0 Å². The van der Waals surface area contributed by atoms with Gasteiger partial charge >= 0.3 is 0 Å². The summed E-state index contributed by atoms with van der Waals surface area (Å²) >= 11 is 0. The van der Waals surface area contributed by atoms with Crippen molar-refractivity contribution in [2.75, 3.05) is 19.8 Å². The molecule has 0 fully saturated rings. The average Bonchev–Trinajstić information content (AvgIpc) is 2.56. The van der Waals surface area contributed by atoms with Crippen LogP contribution in [0.15, 0.2) is 25.3 Å². The summed E-state index contributed by atoms with van der Waals surface area (Å²) in [6.45, 7) is 12.1. The van der Waals surface area contributed by atoms with E-state index in [1.807, 2.05) is 12.2 Å². The first-order valence-electron chi connectivity index (χ1n) is 9.72. The molecule has 136 valence electrons. The third kappa shape index (κ3) is 19.4. The van der Waals surface area contributed by atoms with E-state index in [1.165, 1.54) is 64.2 Å². The van der Waals surface area contributed by atoms with Crippen molar-refractivity contribution >= 4 is 0 Å². The summed E-state index contributed by atoms with van der Waals surface area (Å²) in [5, 5.41) is 0. The summed E-state index contributed by atoms with van der Waals surface area (Å²) in [6, 6.07) is 0. The van der Waals surface area contributed by atoms with Gasteiger partial charge in [-0.25, -0.2) is 0 Å². The first-order chi connectivity index (χ1) is 11.3. The summed E-state index contributed by atoms with van der Waals surface area (Å²) < 4.78 is 11.5. The quantitative estimate of drug-likeness (QED) is 0.200. The Morgan fingerprint density at radius 3 is 1.74 bits per heavy atom. The molecule has 0 bridgehead atoms. The molecule has 1 unspecified atom stereocenters. The van der Waals surface area contributed by atoms with Crippen LogP contribution in [0, 0.1) is 0 Å². The van der Waals surface area contributed by atoms with Crippen molar-refractivity contribution in [3.8, 4) is 0 Å². The lowest BCUT2D eigenvalue weighted by atomic mass is 10.1. The molecule has 0 aliphatic heterocycles. The van der Waals surface area contributed by atoms with E-state index in [1.54, 1.807) is 0 Å². The molecule has 1 atom stereocenters.